The molecule has 0 heterocycles. The largest absolute Gasteiger partial charge is 0.758 e. The number of nitrogens with zero attached hydrogens (tertiary/aromatic N) is 4. The van der Waals surface area contributed by atoms with Crippen molar-refractivity contribution in [3.63, 3.8) is 0 Å². The summed E-state index contributed by atoms with van der Waals surface area (Å²) in [6.07, 6.45) is 0. The number of hydroxylamine groups is 2. The van der Waals surface area contributed by atoms with E-state index in [9.17, 15) is 15.3 Å². The van der Waals surface area contributed by atoms with Gasteiger partial charge in [0, 0.05) is 70.9 Å². The average Bonchev–Trinajstić information content (AvgIpc) is 2.82. The molecule has 1 radical (unpaired) electrons. The number of benzene rings is 3. The van der Waals surface area contributed by atoms with Crippen molar-refractivity contribution in [3.8, 4) is 0 Å². The Kier molecular flexibility index (Phi) is 7.72. The van der Waals surface area contributed by atoms with Gasteiger partial charge in [-0.2, -0.15) is 0 Å². The maximum absolute atomic E-state index is 12.7. The molecule has 0 amide bonds. The Hall–Kier alpha value is -3.42. The molecule has 0 aromatic heterocycles. The van der Waals surface area contributed by atoms with E-state index < -0.39 is 16.6 Å². The van der Waals surface area contributed by atoms with Gasteiger partial charge < -0.3 is 15.2 Å². The predicted molar refractivity (Wildman–Crippen MR) is 153 cm³/mol. The third-order valence-electron chi connectivity index (χ3n) is 5.86. The zero-order valence-corrected chi connectivity index (χ0v) is 23.4. The molecule has 0 aliphatic rings. The van der Waals surface area contributed by atoms with Gasteiger partial charge in [-0.05, 0) is 102 Å². The molecule has 0 saturated heterocycles. The van der Waals surface area contributed by atoms with Crippen LogP contribution in [0.2, 0.25) is 0 Å². The van der Waals surface area contributed by atoms with Crippen LogP contribution >= 0.6 is 0 Å². The summed E-state index contributed by atoms with van der Waals surface area (Å²) in [5.74, 6) is 0. The third kappa shape index (κ3) is 6.48. The quantitative estimate of drug-likeness (QED) is 0.249. The Morgan fingerprint density at radius 1 is 0.568 bits per heavy atom. The maximum atomic E-state index is 12.7. The second kappa shape index (κ2) is 10.1. The van der Waals surface area contributed by atoms with E-state index in [1.54, 1.807) is 36.4 Å². The zero-order valence-electron chi connectivity index (χ0n) is 23.4. The first kappa shape index (κ1) is 28.2. The van der Waals surface area contributed by atoms with Crippen molar-refractivity contribution in [1.29, 1.82) is 0 Å². The maximum Gasteiger partial charge on any atom is 0.256 e. The smallest absolute Gasteiger partial charge is 0.256 e. The first-order valence-corrected chi connectivity index (χ1v) is 12.5. The third-order valence-corrected chi connectivity index (χ3v) is 5.86. The summed E-state index contributed by atoms with van der Waals surface area (Å²) in [5, 5.41) is 27.4. The van der Waals surface area contributed by atoms with Gasteiger partial charge >= 0.3 is 0 Å². The van der Waals surface area contributed by atoms with E-state index in [1.165, 1.54) is 0 Å². The summed E-state index contributed by atoms with van der Waals surface area (Å²) in [4.78, 5) is 14.7. The molecule has 7 heteroatoms. The van der Waals surface area contributed by atoms with Gasteiger partial charge in [0.15, 0.2) is 0 Å². The van der Waals surface area contributed by atoms with Crippen LogP contribution in [0, 0.1) is 10.1 Å². The molecule has 0 spiro atoms. The average molecular weight is 504 g/mol. The molecular formula is C30H39N4O3. The zero-order chi connectivity index (χ0) is 27.8. The number of rotatable bonds is 6. The number of hydrogen-bond acceptors (Lipinski definition) is 5. The van der Waals surface area contributed by atoms with Crippen LogP contribution in [0.1, 0.15) is 62.3 Å². The van der Waals surface area contributed by atoms with Crippen molar-refractivity contribution < 1.29 is 9.97 Å². The minimum Gasteiger partial charge on any atom is -0.758 e. The molecule has 0 bridgehead atoms. The normalized spacial score (nSPS) is 12.3. The van der Waals surface area contributed by atoms with E-state index in [0.717, 1.165) is 31.9 Å². The Labute approximate surface area is 221 Å². The van der Waals surface area contributed by atoms with E-state index in [2.05, 4.69) is 0 Å². The Morgan fingerprint density at radius 3 is 1.27 bits per heavy atom. The van der Waals surface area contributed by atoms with Crippen LogP contribution in [0.25, 0.3) is 0 Å². The Morgan fingerprint density at radius 2 is 0.919 bits per heavy atom. The van der Waals surface area contributed by atoms with Gasteiger partial charge in [-0.1, -0.05) is 5.21 Å². The highest BCUT2D eigenvalue weighted by Gasteiger charge is 2.31. The van der Waals surface area contributed by atoms with Crippen LogP contribution < -0.4 is 15.0 Å². The van der Waals surface area contributed by atoms with E-state index in [1.807, 2.05) is 104 Å². The van der Waals surface area contributed by atoms with Gasteiger partial charge in [0.25, 0.3) is 5.69 Å². The first-order valence-electron chi connectivity index (χ1n) is 12.5. The predicted octanol–water partition coefficient (Wildman–Crippen LogP) is 8.42. The molecule has 0 N–H and O–H groups in total. The van der Waals surface area contributed by atoms with Crippen LogP contribution in [0.5, 0.6) is 0 Å². The molecule has 0 aliphatic heterocycles. The summed E-state index contributed by atoms with van der Waals surface area (Å²) in [7, 11) is 0. The van der Waals surface area contributed by atoms with Crippen molar-refractivity contribution in [2.75, 3.05) is 15.0 Å². The second-order valence-corrected chi connectivity index (χ2v) is 12.3. The van der Waals surface area contributed by atoms with Crippen molar-refractivity contribution in [2.45, 2.75) is 78.9 Å². The van der Waals surface area contributed by atoms with Gasteiger partial charge in [0.1, 0.15) is 0 Å². The fourth-order valence-corrected chi connectivity index (χ4v) is 3.82. The van der Waals surface area contributed by atoms with Crippen LogP contribution in [-0.4, -0.2) is 21.4 Å². The lowest BCUT2D eigenvalue weighted by Crippen LogP contribution is -2.37. The molecule has 3 aromatic rings. The molecule has 0 aliphatic carbocycles. The standard InChI is InChI=1S/C30H39N4O3/c1-28(2,3)32(35)25-16-10-22(11-17-25)31(23-12-18-26(19-13-23)33(36)29(4,5)6)24-14-20-27(21-15-24)34(37)30(7,8)9/h10-21H,1-9H3. The van der Waals surface area contributed by atoms with Gasteiger partial charge in [-0.3, -0.25) is 0 Å². The SMILES string of the molecule is CC(C)(C)N([O])c1ccc(N(c2ccc(N([O-])C(C)(C)C)cc2)c2ccc([N+](=O)C(C)(C)C)cc2)cc1. The molecule has 0 unspecified atom stereocenters. The topological polar surface area (TPSA) is 72.8 Å². The summed E-state index contributed by atoms with van der Waals surface area (Å²) in [5.41, 5.74) is 2.58. The summed E-state index contributed by atoms with van der Waals surface area (Å²) in [6, 6.07) is 22.2. The van der Waals surface area contributed by atoms with E-state index in [-0.39, 0.29) is 0 Å². The monoisotopic (exact) mass is 503 g/mol. The lowest BCUT2D eigenvalue weighted by molar-refractivity contribution is -0.540. The van der Waals surface area contributed by atoms with E-state index in [0.29, 0.717) is 17.1 Å². The molecule has 0 atom stereocenters. The van der Waals surface area contributed by atoms with Crippen LogP contribution in [0.3, 0.4) is 0 Å². The lowest BCUT2D eigenvalue weighted by atomic mass is 10.1. The highest BCUT2D eigenvalue weighted by Crippen LogP contribution is 2.38. The number of nitroso groups, excluding NO2 is 1. The van der Waals surface area contributed by atoms with Crippen molar-refractivity contribution >= 4 is 34.1 Å². The second-order valence-electron chi connectivity index (χ2n) is 12.3. The highest BCUT2D eigenvalue weighted by atomic mass is 16.5. The van der Waals surface area contributed by atoms with Crippen LogP contribution in [0.15, 0.2) is 72.8 Å². The minimum atomic E-state index is -0.554. The van der Waals surface area contributed by atoms with Crippen molar-refractivity contribution in [3.05, 3.63) is 82.9 Å². The van der Waals surface area contributed by atoms with Gasteiger partial charge in [-0.15, -0.1) is 0 Å². The summed E-state index contributed by atoms with van der Waals surface area (Å²) >= 11 is 0. The van der Waals surface area contributed by atoms with Gasteiger partial charge in [0.2, 0.25) is 5.54 Å². The highest BCUT2D eigenvalue weighted by molar-refractivity contribution is 5.78. The molecule has 3 aromatic carbocycles. The molecule has 7 nitrogen and oxygen atoms in total. The first-order chi connectivity index (χ1) is 17.0. The fraction of sp³-hybridized carbons (Fsp3) is 0.400. The van der Waals surface area contributed by atoms with Crippen molar-refractivity contribution in [1.82, 2.24) is 0 Å². The van der Waals surface area contributed by atoms with Crippen LogP contribution in [0.4, 0.5) is 34.1 Å². The number of hydrogen-bond donors (Lipinski definition) is 0. The molecule has 3 rings (SSSR count). The summed E-state index contributed by atoms with van der Waals surface area (Å²) < 4.78 is 0.995. The van der Waals surface area contributed by atoms with Crippen LogP contribution in [-0.2, 0) is 5.21 Å². The van der Waals surface area contributed by atoms with Gasteiger partial charge in [-0.25, -0.2) is 5.06 Å². The van der Waals surface area contributed by atoms with E-state index >= 15 is 0 Å². The fourth-order valence-electron chi connectivity index (χ4n) is 3.82. The van der Waals surface area contributed by atoms with E-state index in [4.69, 9.17) is 0 Å². The number of anilines is 5. The molecular weight excluding hydrogens is 464 g/mol. The lowest BCUT2D eigenvalue weighted by Gasteiger charge is -2.43. The van der Waals surface area contributed by atoms with Gasteiger partial charge in [0.05, 0.1) is 11.2 Å². The molecule has 37 heavy (non-hydrogen) atoms. The van der Waals surface area contributed by atoms with Crippen molar-refractivity contribution in [2.24, 2.45) is 0 Å². The molecule has 0 saturated carbocycles. The molecule has 197 valence electrons. The Balaban J connectivity index is 2.05. The summed E-state index contributed by atoms with van der Waals surface area (Å²) in [6.45, 7) is 16.8. The minimum absolute atomic E-state index is 0.554. The Bertz CT molecular complexity index is 1140. The molecule has 0 fully saturated rings.